The van der Waals surface area contributed by atoms with E-state index in [1.807, 2.05) is 44.2 Å². The number of carbonyl (C=O) groups is 1. The van der Waals surface area contributed by atoms with Gasteiger partial charge in [0.2, 0.25) is 0 Å². The number of benzene rings is 1. The van der Waals surface area contributed by atoms with Crippen molar-refractivity contribution in [2.75, 3.05) is 7.11 Å². The van der Waals surface area contributed by atoms with E-state index < -0.39 is 0 Å². The van der Waals surface area contributed by atoms with Crippen molar-refractivity contribution in [1.29, 1.82) is 0 Å². The second kappa shape index (κ2) is 5.69. The van der Waals surface area contributed by atoms with Crippen molar-refractivity contribution in [3.05, 3.63) is 36.0 Å². The van der Waals surface area contributed by atoms with E-state index in [4.69, 9.17) is 4.74 Å². The molecule has 100 valence electrons. The third-order valence-electron chi connectivity index (χ3n) is 2.66. The number of hydrogen-bond acceptors (Lipinski definition) is 4. The Morgan fingerprint density at radius 3 is 2.74 bits per heavy atom. The van der Waals surface area contributed by atoms with E-state index in [1.165, 1.54) is 7.11 Å². The Morgan fingerprint density at radius 1 is 1.26 bits per heavy atom. The lowest BCUT2D eigenvalue weighted by Gasteiger charge is -2.12. The van der Waals surface area contributed by atoms with Gasteiger partial charge in [-0.05, 0) is 26.0 Å². The van der Waals surface area contributed by atoms with Gasteiger partial charge in [-0.15, -0.1) is 0 Å². The molecular formula is C15H17NO3. The van der Waals surface area contributed by atoms with Crippen molar-refractivity contribution in [3.63, 3.8) is 0 Å². The van der Waals surface area contributed by atoms with Crippen LogP contribution in [0, 0.1) is 0 Å². The van der Waals surface area contributed by atoms with Crippen LogP contribution in [0.2, 0.25) is 0 Å². The molecule has 19 heavy (non-hydrogen) atoms. The predicted octanol–water partition coefficient (Wildman–Crippen LogP) is 2.74. The van der Waals surface area contributed by atoms with Gasteiger partial charge in [0.25, 0.3) is 0 Å². The first-order chi connectivity index (χ1) is 9.10. The Kier molecular flexibility index (Phi) is 4.00. The minimum absolute atomic E-state index is 0.0802. The van der Waals surface area contributed by atoms with Crippen molar-refractivity contribution in [2.24, 2.45) is 0 Å². The van der Waals surface area contributed by atoms with Gasteiger partial charge in [-0.2, -0.15) is 0 Å². The Balaban J connectivity index is 2.41. The van der Waals surface area contributed by atoms with Crippen LogP contribution < -0.4 is 4.74 Å². The first kappa shape index (κ1) is 13.3. The second-order valence-corrected chi connectivity index (χ2v) is 4.55. The molecule has 0 aliphatic carbocycles. The van der Waals surface area contributed by atoms with Crippen LogP contribution in [0.5, 0.6) is 5.75 Å². The topological polar surface area (TPSA) is 48.4 Å². The molecule has 1 heterocycles. The molecule has 0 atom stereocenters. The number of pyridine rings is 1. The molecule has 0 aliphatic rings. The highest BCUT2D eigenvalue weighted by atomic mass is 16.5. The molecule has 1 aromatic heterocycles. The predicted molar refractivity (Wildman–Crippen MR) is 73.2 cm³/mol. The van der Waals surface area contributed by atoms with E-state index in [0.717, 1.165) is 16.7 Å². The highest BCUT2D eigenvalue weighted by Gasteiger charge is 2.09. The summed E-state index contributed by atoms with van der Waals surface area (Å²) in [6.07, 6.45) is 0.249. The number of fused-ring (bicyclic) bond motifs is 1. The first-order valence-corrected chi connectivity index (χ1v) is 6.22. The van der Waals surface area contributed by atoms with Gasteiger partial charge in [0.1, 0.15) is 11.3 Å². The summed E-state index contributed by atoms with van der Waals surface area (Å²) in [5.74, 6) is 0.438. The number of aromatic nitrogens is 1. The number of carbonyl (C=O) groups excluding carboxylic acids is 1. The largest absolute Gasteiger partial charge is 0.489 e. The molecule has 0 bridgehead atoms. The zero-order chi connectivity index (χ0) is 13.8. The normalized spacial score (nSPS) is 10.7. The fourth-order valence-corrected chi connectivity index (χ4v) is 1.83. The van der Waals surface area contributed by atoms with Crippen LogP contribution in [-0.4, -0.2) is 24.2 Å². The standard InChI is InChI=1S/C15H17NO3/c1-10(2)19-13-6-4-5-11-7-8-12(16-15(11)13)9-14(17)18-3/h4-8,10H,9H2,1-3H3. The Bertz CT molecular complexity index is 593. The summed E-state index contributed by atoms with van der Waals surface area (Å²) in [4.78, 5) is 15.8. The van der Waals surface area contributed by atoms with Gasteiger partial charge in [0.05, 0.1) is 25.3 Å². The third kappa shape index (κ3) is 3.22. The lowest BCUT2D eigenvalue weighted by atomic mass is 10.1. The van der Waals surface area contributed by atoms with E-state index in [0.29, 0.717) is 5.69 Å². The number of esters is 1. The highest BCUT2D eigenvalue weighted by Crippen LogP contribution is 2.25. The van der Waals surface area contributed by atoms with Gasteiger partial charge in [0.15, 0.2) is 0 Å². The van der Waals surface area contributed by atoms with Crippen LogP contribution in [0.1, 0.15) is 19.5 Å². The molecular weight excluding hydrogens is 242 g/mol. The summed E-state index contributed by atoms with van der Waals surface area (Å²) in [6, 6.07) is 9.56. The summed E-state index contributed by atoms with van der Waals surface area (Å²) in [5, 5.41) is 0.992. The average Bonchev–Trinajstić information content (AvgIpc) is 2.38. The highest BCUT2D eigenvalue weighted by molar-refractivity contribution is 5.85. The van der Waals surface area contributed by atoms with Crippen LogP contribution in [0.15, 0.2) is 30.3 Å². The van der Waals surface area contributed by atoms with Gasteiger partial charge < -0.3 is 9.47 Å². The van der Waals surface area contributed by atoms with Crippen molar-refractivity contribution in [1.82, 2.24) is 4.98 Å². The number of para-hydroxylation sites is 1. The van der Waals surface area contributed by atoms with Crippen molar-refractivity contribution in [2.45, 2.75) is 26.4 Å². The molecule has 0 saturated heterocycles. The quantitative estimate of drug-likeness (QED) is 0.792. The lowest BCUT2D eigenvalue weighted by Crippen LogP contribution is -2.08. The first-order valence-electron chi connectivity index (χ1n) is 6.22. The maximum Gasteiger partial charge on any atom is 0.311 e. The smallest absolute Gasteiger partial charge is 0.311 e. The molecule has 2 rings (SSSR count). The zero-order valence-electron chi connectivity index (χ0n) is 11.3. The van der Waals surface area contributed by atoms with Crippen LogP contribution in [-0.2, 0) is 16.0 Å². The number of rotatable bonds is 4. The van der Waals surface area contributed by atoms with Crippen molar-refractivity contribution in [3.8, 4) is 5.75 Å². The van der Waals surface area contributed by atoms with Crippen LogP contribution in [0.3, 0.4) is 0 Å². The molecule has 0 N–H and O–H groups in total. The number of nitrogens with zero attached hydrogens (tertiary/aromatic N) is 1. The Morgan fingerprint density at radius 2 is 2.05 bits per heavy atom. The van der Waals surface area contributed by atoms with E-state index >= 15 is 0 Å². The van der Waals surface area contributed by atoms with Crippen LogP contribution in [0.25, 0.3) is 10.9 Å². The van der Waals surface area contributed by atoms with Crippen molar-refractivity contribution < 1.29 is 14.3 Å². The van der Waals surface area contributed by atoms with E-state index in [-0.39, 0.29) is 18.5 Å². The monoisotopic (exact) mass is 259 g/mol. The summed E-state index contributed by atoms with van der Waals surface area (Å²) >= 11 is 0. The van der Waals surface area contributed by atoms with Gasteiger partial charge >= 0.3 is 5.97 Å². The molecule has 0 saturated carbocycles. The maximum absolute atomic E-state index is 11.3. The van der Waals surface area contributed by atoms with E-state index in [2.05, 4.69) is 9.72 Å². The molecule has 0 fully saturated rings. The summed E-state index contributed by atoms with van der Waals surface area (Å²) in [5.41, 5.74) is 1.46. The summed E-state index contributed by atoms with van der Waals surface area (Å²) < 4.78 is 10.4. The number of hydrogen-bond donors (Lipinski definition) is 0. The van der Waals surface area contributed by atoms with Crippen LogP contribution in [0.4, 0.5) is 0 Å². The minimum Gasteiger partial charge on any atom is -0.489 e. The second-order valence-electron chi connectivity index (χ2n) is 4.55. The SMILES string of the molecule is COC(=O)Cc1ccc2cccc(OC(C)C)c2n1. The molecule has 0 amide bonds. The zero-order valence-corrected chi connectivity index (χ0v) is 11.3. The molecule has 0 radical (unpaired) electrons. The molecule has 0 aliphatic heterocycles. The van der Waals surface area contributed by atoms with Gasteiger partial charge in [-0.1, -0.05) is 18.2 Å². The number of methoxy groups -OCH3 is 1. The third-order valence-corrected chi connectivity index (χ3v) is 2.66. The van der Waals surface area contributed by atoms with E-state index in [1.54, 1.807) is 0 Å². The Labute approximate surface area is 112 Å². The molecule has 4 nitrogen and oxygen atoms in total. The van der Waals surface area contributed by atoms with Crippen LogP contribution >= 0.6 is 0 Å². The fourth-order valence-electron chi connectivity index (χ4n) is 1.83. The van der Waals surface area contributed by atoms with Crippen molar-refractivity contribution >= 4 is 16.9 Å². The summed E-state index contributed by atoms with van der Waals surface area (Å²) in [6.45, 7) is 3.94. The minimum atomic E-state index is -0.297. The summed E-state index contributed by atoms with van der Waals surface area (Å²) in [7, 11) is 1.37. The van der Waals surface area contributed by atoms with Gasteiger partial charge in [0, 0.05) is 5.39 Å². The maximum atomic E-state index is 11.3. The van der Waals surface area contributed by atoms with Gasteiger partial charge in [-0.25, -0.2) is 4.98 Å². The molecule has 0 spiro atoms. The lowest BCUT2D eigenvalue weighted by molar-refractivity contribution is -0.139. The molecule has 4 heteroatoms. The molecule has 0 unspecified atom stereocenters. The number of ether oxygens (including phenoxy) is 2. The fraction of sp³-hybridized carbons (Fsp3) is 0.333. The van der Waals surface area contributed by atoms with E-state index in [9.17, 15) is 4.79 Å². The Hall–Kier alpha value is -2.10. The van der Waals surface area contributed by atoms with Gasteiger partial charge in [-0.3, -0.25) is 4.79 Å². The molecule has 1 aromatic carbocycles. The average molecular weight is 259 g/mol. The molecule has 2 aromatic rings.